The molecule has 3 rings (SSSR count). The van der Waals surface area contributed by atoms with Crippen LogP contribution in [0.15, 0.2) is 29.2 Å². The second-order valence-corrected chi connectivity index (χ2v) is 7.92. The van der Waals surface area contributed by atoms with Crippen LogP contribution < -0.4 is 14.8 Å². The van der Waals surface area contributed by atoms with Gasteiger partial charge in [0.05, 0.1) is 11.0 Å². The van der Waals surface area contributed by atoms with Gasteiger partial charge in [-0.25, -0.2) is 13.1 Å². The van der Waals surface area contributed by atoms with E-state index in [4.69, 9.17) is 4.74 Å². The molecule has 1 saturated carbocycles. The highest BCUT2D eigenvalue weighted by Gasteiger charge is 2.23. The maximum atomic E-state index is 12.3. The molecule has 0 aromatic heterocycles. The number of rotatable bonds is 6. The van der Waals surface area contributed by atoms with Crippen LogP contribution in [0.1, 0.15) is 38.5 Å². The molecule has 1 aliphatic heterocycles. The summed E-state index contributed by atoms with van der Waals surface area (Å²) >= 11 is 0. The van der Waals surface area contributed by atoms with Gasteiger partial charge in [0.15, 0.2) is 0 Å². The molecule has 1 heterocycles. The van der Waals surface area contributed by atoms with Crippen molar-refractivity contribution >= 4 is 15.9 Å². The zero-order chi connectivity index (χ0) is 16.3. The van der Waals surface area contributed by atoms with E-state index in [9.17, 15) is 13.2 Å². The number of benzene rings is 1. The number of nitrogens with one attached hydrogen (secondary N) is 2. The molecule has 1 amide bonds. The van der Waals surface area contributed by atoms with Gasteiger partial charge in [-0.2, -0.15) is 0 Å². The Morgan fingerprint density at radius 3 is 2.43 bits per heavy atom. The Morgan fingerprint density at radius 2 is 1.83 bits per heavy atom. The summed E-state index contributed by atoms with van der Waals surface area (Å²) < 4.78 is 32.9. The van der Waals surface area contributed by atoms with Crippen LogP contribution in [0.4, 0.5) is 0 Å². The minimum absolute atomic E-state index is 0.0254. The van der Waals surface area contributed by atoms with Crippen molar-refractivity contribution in [2.45, 2.75) is 55.6 Å². The van der Waals surface area contributed by atoms with Crippen molar-refractivity contribution in [2.75, 3.05) is 6.54 Å². The minimum atomic E-state index is -3.57. The second-order valence-electron chi connectivity index (χ2n) is 6.15. The first kappa shape index (κ1) is 16.3. The van der Waals surface area contributed by atoms with Crippen molar-refractivity contribution in [1.29, 1.82) is 0 Å². The second kappa shape index (κ2) is 6.88. The van der Waals surface area contributed by atoms with Crippen LogP contribution in [-0.4, -0.2) is 33.0 Å². The molecule has 7 heteroatoms. The van der Waals surface area contributed by atoms with Crippen LogP contribution in [0, 0.1) is 0 Å². The van der Waals surface area contributed by atoms with Gasteiger partial charge in [0.1, 0.15) is 5.75 Å². The number of carbonyl (C=O) groups excluding carboxylic acids is 1. The molecular formula is C16H22N2O4S. The lowest BCUT2D eigenvalue weighted by atomic mass is 10.2. The molecule has 1 aliphatic carbocycles. The molecule has 1 unspecified atom stereocenters. The monoisotopic (exact) mass is 338 g/mol. The molecule has 0 bridgehead atoms. The summed E-state index contributed by atoms with van der Waals surface area (Å²) in [7, 11) is -3.57. The van der Waals surface area contributed by atoms with Gasteiger partial charge >= 0.3 is 0 Å². The zero-order valence-electron chi connectivity index (χ0n) is 13.0. The van der Waals surface area contributed by atoms with Crippen LogP contribution in [-0.2, 0) is 14.8 Å². The molecule has 126 valence electrons. The van der Waals surface area contributed by atoms with Crippen molar-refractivity contribution in [3.63, 3.8) is 0 Å². The highest BCUT2D eigenvalue weighted by molar-refractivity contribution is 7.89. The lowest BCUT2D eigenvalue weighted by Crippen LogP contribution is -2.38. The highest BCUT2D eigenvalue weighted by atomic mass is 32.2. The van der Waals surface area contributed by atoms with Gasteiger partial charge in [-0.05, 0) is 56.4 Å². The van der Waals surface area contributed by atoms with E-state index in [1.165, 1.54) is 12.8 Å². The van der Waals surface area contributed by atoms with E-state index < -0.39 is 10.0 Å². The topological polar surface area (TPSA) is 84.5 Å². The van der Waals surface area contributed by atoms with Gasteiger partial charge in [0.25, 0.3) is 0 Å². The molecule has 1 aromatic rings. The number of hydrogen-bond donors (Lipinski definition) is 2. The van der Waals surface area contributed by atoms with Crippen molar-refractivity contribution in [3.05, 3.63) is 24.3 Å². The van der Waals surface area contributed by atoms with Gasteiger partial charge in [-0.1, -0.05) is 0 Å². The standard InChI is InChI=1S/C16H22N2O4S/c19-16-10-5-12(18-16)11-17-23(20,21)15-8-6-14(7-9-15)22-13-3-1-2-4-13/h6-9,12-13,17H,1-5,10-11H2,(H,18,19). The molecular weight excluding hydrogens is 316 g/mol. The third-order valence-electron chi connectivity index (χ3n) is 4.34. The summed E-state index contributed by atoms with van der Waals surface area (Å²) in [5.41, 5.74) is 0. The van der Waals surface area contributed by atoms with Gasteiger partial charge in [0.2, 0.25) is 15.9 Å². The largest absolute Gasteiger partial charge is 0.490 e. The number of amides is 1. The van der Waals surface area contributed by atoms with Gasteiger partial charge in [-0.3, -0.25) is 4.79 Å². The summed E-state index contributed by atoms with van der Waals surface area (Å²) in [5, 5.41) is 2.74. The maximum Gasteiger partial charge on any atom is 0.240 e. The minimum Gasteiger partial charge on any atom is -0.490 e. The van der Waals surface area contributed by atoms with Crippen molar-refractivity contribution in [3.8, 4) is 5.75 Å². The number of sulfonamides is 1. The molecule has 23 heavy (non-hydrogen) atoms. The molecule has 0 spiro atoms. The SMILES string of the molecule is O=C1CCC(CNS(=O)(=O)c2ccc(OC3CCCC3)cc2)N1. The van der Waals surface area contributed by atoms with E-state index in [2.05, 4.69) is 10.0 Å². The predicted octanol–water partition coefficient (Wildman–Crippen LogP) is 1.56. The van der Waals surface area contributed by atoms with E-state index in [1.54, 1.807) is 24.3 Å². The van der Waals surface area contributed by atoms with Crippen molar-refractivity contribution < 1.29 is 17.9 Å². The van der Waals surface area contributed by atoms with Gasteiger partial charge in [-0.15, -0.1) is 0 Å². The van der Waals surface area contributed by atoms with Crippen LogP contribution in [0.5, 0.6) is 5.75 Å². The predicted molar refractivity (Wildman–Crippen MR) is 85.7 cm³/mol. The number of carbonyl (C=O) groups is 1. The molecule has 1 atom stereocenters. The Kier molecular flexibility index (Phi) is 4.87. The number of ether oxygens (including phenoxy) is 1. The maximum absolute atomic E-state index is 12.3. The molecule has 1 aromatic carbocycles. The molecule has 2 fully saturated rings. The Hall–Kier alpha value is -1.60. The fourth-order valence-electron chi connectivity index (χ4n) is 3.02. The summed E-state index contributed by atoms with van der Waals surface area (Å²) in [6, 6.07) is 6.39. The van der Waals surface area contributed by atoms with Crippen molar-refractivity contribution in [2.24, 2.45) is 0 Å². The quantitative estimate of drug-likeness (QED) is 0.824. The molecule has 2 N–H and O–H groups in total. The fourth-order valence-corrected chi connectivity index (χ4v) is 4.10. The normalized spacial score (nSPS) is 22.3. The third kappa shape index (κ3) is 4.23. The van der Waals surface area contributed by atoms with E-state index >= 15 is 0 Å². The van der Waals surface area contributed by atoms with Gasteiger partial charge < -0.3 is 10.1 Å². The lowest BCUT2D eigenvalue weighted by molar-refractivity contribution is -0.119. The first-order valence-electron chi connectivity index (χ1n) is 8.09. The lowest BCUT2D eigenvalue weighted by Gasteiger charge is -2.14. The summed E-state index contributed by atoms with van der Waals surface area (Å²) in [6.45, 7) is 0.217. The first-order chi connectivity index (χ1) is 11.0. The Bertz CT molecular complexity index is 651. The van der Waals surface area contributed by atoms with Crippen LogP contribution in [0.3, 0.4) is 0 Å². The third-order valence-corrected chi connectivity index (χ3v) is 5.78. The average molecular weight is 338 g/mol. The van der Waals surface area contributed by atoms with Gasteiger partial charge in [0, 0.05) is 19.0 Å². The van der Waals surface area contributed by atoms with Crippen molar-refractivity contribution in [1.82, 2.24) is 10.0 Å². The summed E-state index contributed by atoms with van der Waals surface area (Å²) in [4.78, 5) is 11.3. The Balaban J connectivity index is 1.57. The van der Waals surface area contributed by atoms with E-state index in [0.717, 1.165) is 12.8 Å². The molecule has 1 saturated heterocycles. The highest BCUT2D eigenvalue weighted by Crippen LogP contribution is 2.24. The molecule has 6 nitrogen and oxygen atoms in total. The van der Waals surface area contributed by atoms with Crippen LogP contribution in [0.2, 0.25) is 0 Å². The Labute approximate surface area is 136 Å². The zero-order valence-corrected chi connectivity index (χ0v) is 13.8. The Morgan fingerprint density at radius 1 is 1.13 bits per heavy atom. The van der Waals surface area contributed by atoms with E-state index in [-0.39, 0.29) is 29.5 Å². The summed E-state index contributed by atoms with van der Waals surface area (Å²) in [6.07, 6.45) is 5.89. The first-order valence-corrected chi connectivity index (χ1v) is 9.57. The van der Waals surface area contributed by atoms with E-state index in [0.29, 0.717) is 18.6 Å². The van der Waals surface area contributed by atoms with E-state index in [1.807, 2.05) is 0 Å². The smallest absolute Gasteiger partial charge is 0.240 e. The summed E-state index contributed by atoms with van der Waals surface area (Å²) in [5.74, 6) is 0.682. The average Bonchev–Trinajstić information content (AvgIpc) is 3.18. The van der Waals surface area contributed by atoms with Crippen LogP contribution >= 0.6 is 0 Å². The fraction of sp³-hybridized carbons (Fsp3) is 0.562. The molecule has 0 radical (unpaired) electrons. The molecule has 2 aliphatic rings. The van der Waals surface area contributed by atoms with Crippen LogP contribution in [0.25, 0.3) is 0 Å². The number of hydrogen-bond acceptors (Lipinski definition) is 4.